The molecule has 0 saturated carbocycles. The summed E-state index contributed by atoms with van der Waals surface area (Å²) in [6.07, 6.45) is -8.14. The molecule has 1 aromatic heterocycles. The number of hydrogen-bond donors (Lipinski definition) is 6. The van der Waals surface area contributed by atoms with Crippen molar-refractivity contribution in [1.29, 1.82) is 0 Å². The first-order valence-corrected chi connectivity index (χ1v) is 13.5. The average Bonchev–Trinajstić information content (AvgIpc) is 3.48. The van der Waals surface area contributed by atoms with E-state index in [9.17, 15) is 35.1 Å². The number of fused-ring (bicyclic) bond motifs is 2. The Balaban J connectivity index is 1.52. The lowest BCUT2D eigenvalue weighted by Gasteiger charge is -2.41. The minimum absolute atomic E-state index is 0.0599. The van der Waals surface area contributed by atoms with Crippen molar-refractivity contribution >= 4 is 22.8 Å². The number of ether oxygens (including phenoxy) is 4. The quantitative estimate of drug-likeness (QED) is 0.193. The molecule has 0 radical (unpaired) electrons. The second-order valence-electron chi connectivity index (χ2n) is 10.9. The van der Waals surface area contributed by atoms with Gasteiger partial charge in [0.05, 0.1) is 25.9 Å². The molecule has 13 nitrogen and oxygen atoms in total. The summed E-state index contributed by atoms with van der Waals surface area (Å²) in [7, 11) is 1.40. The van der Waals surface area contributed by atoms with E-state index in [1.807, 2.05) is 0 Å². The van der Waals surface area contributed by atoms with E-state index >= 15 is 0 Å². The van der Waals surface area contributed by atoms with Crippen molar-refractivity contribution in [2.75, 3.05) is 20.3 Å². The van der Waals surface area contributed by atoms with Crippen molar-refractivity contribution in [3.63, 3.8) is 0 Å². The molecule has 2 aliphatic heterocycles. The van der Waals surface area contributed by atoms with Gasteiger partial charge < -0.3 is 54.2 Å². The Hall–Kier alpha value is -2.94. The predicted molar refractivity (Wildman–Crippen MR) is 133 cm³/mol. The summed E-state index contributed by atoms with van der Waals surface area (Å²) in [5.41, 5.74) is 2.64. The molecule has 40 heavy (non-hydrogen) atoms. The molecule has 2 fully saturated rings. The molecular formula is C27H33NO12. The molecule has 4 aliphatic rings. The van der Waals surface area contributed by atoms with Crippen LogP contribution in [0.3, 0.4) is 0 Å². The lowest BCUT2D eigenvalue weighted by Crippen LogP contribution is -2.62. The standard InChI is InChI=1S/C27H33NO12/c1-3-37-26(35)10-4-9-5-11-13(7-28-24(11)32)14-8-38-21-16(14)15(9)12(6-10)20(23(21)36-2)39-27-19(31)17(29)18(30)22(40-27)25(33)34/h8-11,13,17-19,22,25,27,29-31,33-34H,3-7H2,1-2H3,(H,28,32)/t9-,10-,11+,13-,17-,18-,19+,22-,27+/m0/s1. The van der Waals surface area contributed by atoms with Crippen molar-refractivity contribution in [3.05, 3.63) is 23.0 Å². The average molecular weight is 564 g/mol. The molecular weight excluding hydrogens is 530 g/mol. The molecule has 0 unspecified atom stereocenters. The Labute approximate surface area is 228 Å². The SMILES string of the molecule is CCOC(=O)[C@@H]1Cc2c(O[C@@H]3O[C@H](C(O)O)[C@@H](O)[C@H](O)[C@H]3O)c(OC)c3occ4c3c2[C@@H](C1)C[C@H]1C(=O)NC[C@H]41. The highest BCUT2D eigenvalue weighted by Gasteiger charge is 2.50. The van der Waals surface area contributed by atoms with E-state index in [1.165, 1.54) is 7.11 Å². The summed E-state index contributed by atoms with van der Waals surface area (Å²) in [5.74, 6) is -1.47. The minimum Gasteiger partial charge on any atom is -0.490 e. The van der Waals surface area contributed by atoms with Crippen LogP contribution in [0.5, 0.6) is 11.5 Å². The predicted octanol–water partition coefficient (Wildman–Crippen LogP) is -0.619. The van der Waals surface area contributed by atoms with Crippen molar-refractivity contribution in [1.82, 2.24) is 5.32 Å². The van der Waals surface area contributed by atoms with Crippen LogP contribution in [-0.2, 0) is 25.5 Å². The van der Waals surface area contributed by atoms with Gasteiger partial charge in [-0.05, 0) is 37.7 Å². The van der Waals surface area contributed by atoms with E-state index in [0.717, 1.165) is 16.5 Å². The van der Waals surface area contributed by atoms with E-state index in [0.29, 0.717) is 30.5 Å². The minimum atomic E-state index is -2.17. The summed E-state index contributed by atoms with van der Waals surface area (Å²) < 4.78 is 28.7. The first-order chi connectivity index (χ1) is 19.2. The highest BCUT2D eigenvalue weighted by atomic mass is 16.7. The molecule has 218 valence electrons. The Morgan fingerprint density at radius 2 is 1.90 bits per heavy atom. The number of carbonyl (C=O) groups is 2. The molecule has 2 saturated heterocycles. The highest BCUT2D eigenvalue weighted by Crippen LogP contribution is 2.57. The largest absolute Gasteiger partial charge is 0.490 e. The van der Waals surface area contributed by atoms with Crippen LogP contribution in [0, 0.1) is 11.8 Å². The van der Waals surface area contributed by atoms with Gasteiger partial charge in [0.15, 0.2) is 17.6 Å². The number of carbonyl (C=O) groups excluding carboxylic acids is 2. The summed E-state index contributed by atoms with van der Waals surface area (Å²) in [5, 5.41) is 54.4. The van der Waals surface area contributed by atoms with Gasteiger partial charge in [0.25, 0.3) is 0 Å². The molecule has 0 bridgehead atoms. The summed E-state index contributed by atoms with van der Waals surface area (Å²) >= 11 is 0. The second-order valence-corrected chi connectivity index (χ2v) is 10.9. The van der Waals surface area contributed by atoms with Crippen LogP contribution in [-0.4, -0.2) is 94.7 Å². The Bertz CT molecular complexity index is 1320. The lowest BCUT2D eigenvalue weighted by molar-refractivity contribution is -0.310. The molecule has 0 spiro atoms. The van der Waals surface area contributed by atoms with Crippen molar-refractivity contribution in [2.45, 2.75) is 75.0 Å². The third kappa shape index (κ3) is 4.06. The molecule has 3 heterocycles. The first kappa shape index (κ1) is 27.2. The number of amides is 1. The molecule has 1 aromatic carbocycles. The van der Waals surface area contributed by atoms with Gasteiger partial charge in [0, 0.05) is 34.9 Å². The van der Waals surface area contributed by atoms with Gasteiger partial charge in [0.1, 0.15) is 24.4 Å². The van der Waals surface area contributed by atoms with Crippen LogP contribution in [0.4, 0.5) is 0 Å². The van der Waals surface area contributed by atoms with Crippen molar-refractivity contribution in [2.24, 2.45) is 11.8 Å². The second kappa shape index (κ2) is 10.2. The molecule has 9 atom stereocenters. The van der Waals surface area contributed by atoms with E-state index in [2.05, 4.69) is 5.32 Å². The zero-order valence-corrected chi connectivity index (χ0v) is 22.0. The first-order valence-electron chi connectivity index (χ1n) is 13.5. The number of aliphatic hydroxyl groups is 5. The number of esters is 1. The van der Waals surface area contributed by atoms with Gasteiger partial charge in [0.2, 0.25) is 17.9 Å². The normalized spacial score (nSPS) is 34.8. The number of benzene rings is 1. The maximum Gasteiger partial charge on any atom is 0.309 e. The maximum absolute atomic E-state index is 13.0. The molecule has 1 amide bonds. The van der Waals surface area contributed by atoms with Crippen molar-refractivity contribution < 1.29 is 58.5 Å². The fourth-order valence-corrected chi connectivity index (χ4v) is 6.92. The zero-order chi connectivity index (χ0) is 28.5. The van der Waals surface area contributed by atoms with Crippen LogP contribution in [0.2, 0.25) is 0 Å². The third-order valence-corrected chi connectivity index (χ3v) is 8.74. The molecule has 2 aromatic rings. The number of furan rings is 1. The van der Waals surface area contributed by atoms with Gasteiger partial charge in [-0.25, -0.2) is 0 Å². The number of methoxy groups -OCH3 is 1. The monoisotopic (exact) mass is 563 g/mol. The fraction of sp³-hybridized carbons (Fsp3) is 0.630. The fourth-order valence-electron chi connectivity index (χ4n) is 6.92. The maximum atomic E-state index is 13.0. The van der Waals surface area contributed by atoms with E-state index in [1.54, 1.807) is 13.2 Å². The summed E-state index contributed by atoms with van der Waals surface area (Å²) in [6, 6.07) is 0. The summed E-state index contributed by atoms with van der Waals surface area (Å²) in [4.78, 5) is 25.9. The number of hydrogen-bond acceptors (Lipinski definition) is 12. The summed E-state index contributed by atoms with van der Waals surface area (Å²) in [6.45, 7) is 2.37. The third-order valence-electron chi connectivity index (χ3n) is 8.74. The smallest absolute Gasteiger partial charge is 0.309 e. The highest BCUT2D eigenvalue weighted by molar-refractivity contribution is 5.97. The van der Waals surface area contributed by atoms with Gasteiger partial charge in [-0.1, -0.05) is 0 Å². The van der Waals surface area contributed by atoms with Crippen LogP contribution in [0.1, 0.15) is 48.3 Å². The number of nitrogens with one attached hydrogen (secondary N) is 1. The Kier molecular flexibility index (Phi) is 6.92. The van der Waals surface area contributed by atoms with Gasteiger partial charge in [-0.15, -0.1) is 0 Å². The number of aliphatic hydroxyl groups excluding tert-OH is 4. The molecule has 13 heteroatoms. The van der Waals surface area contributed by atoms with Gasteiger partial charge >= 0.3 is 5.97 Å². The van der Waals surface area contributed by atoms with Crippen molar-refractivity contribution in [3.8, 4) is 11.5 Å². The van der Waals surface area contributed by atoms with Crippen LogP contribution < -0.4 is 14.8 Å². The van der Waals surface area contributed by atoms with Crippen LogP contribution in [0.25, 0.3) is 11.0 Å². The van der Waals surface area contributed by atoms with Gasteiger partial charge in [-0.2, -0.15) is 0 Å². The molecule has 6 N–H and O–H groups in total. The molecule has 6 rings (SSSR count). The van der Waals surface area contributed by atoms with E-state index in [-0.39, 0.29) is 48.2 Å². The van der Waals surface area contributed by atoms with E-state index in [4.69, 9.17) is 23.4 Å². The topological polar surface area (TPSA) is 197 Å². The zero-order valence-electron chi connectivity index (χ0n) is 22.0. The van der Waals surface area contributed by atoms with Crippen LogP contribution in [0.15, 0.2) is 10.7 Å². The van der Waals surface area contributed by atoms with Gasteiger partial charge in [-0.3, -0.25) is 9.59 Å². The Morgan fingerprint density at radius 3 is 2.60 bits per heavy atom. The Morgan fingerprint density at radius 1 is 1.12 bits per heavy atom. The lowest BCUT2D eigenvalue weighted by atomic mass is 9.72. The number of rotatable bonds is 6. The molecule has 2 aliphatic carbocycles. The van der Waals surface area contributed by atoms with Crippen LogP contribution >= 0.6 is 0 Å². The van der Waals surface area contributed by atoms with E-state index < -0.39 is 48.9 Å².